The molecule has 2 N–H and O–H groups in total. The number of carbonyl (C=O) groups is 1. The number of nitrogens with zero attached hydrogens (tertiary/aromatic N) is 3. The number of hydrogen-bond acceptors (Lipinski definition) is 5. The summed E-state index contributed by atoms with van der Waals surface area (Å²) in [6.07, 6.45) is 6.79. The number of pyridine rings is 1. The minimum absolute atomic E-state index is 0.205. The van der Waals surface area contributed by atoms with E-state index in [1.807, 2.05) is 62.2 Å². The summed E-state index contributed by atoms with van der Waals surface area (Å²) in [5.74, 6) is 1.79. The lowest BCUT2D eigenvalue weighted by Crippen LogP contribution is -2.41. The smallest absolute Gasteiger partial charge is 0.410 e. The van der Waals surface area contributed by atoms with Gasteiger partial charge in [-0.3, -0.25) is 0 Å². The van der Waals surface area contributed by atoms with Crippen molar-refractivity contribution in [1.82, 2.24) is 14.5 Å². The first kappa shape index (κ1) is 22.3. The first-order chi connectivity index (χ1) is 16.3. The lowest BCUT2D eigenvalue weighted by atomic mass is 9.94. The van der Waals surface area contributed by atoms with Gasteiger partial charge in [0, 0.05) is 36.6 Å². The molecule has 34 heavy (non-hydrogen) atoms. The monoisotopic (exact) mass is 460 g/mol. The van der Waals surface area contributed by atoms with E-state index >= 15 is 0 Å². The second-order valence-electron chi connectivity index (χ2n) is 10.2. The maximum Gasteiger partial charge on any atom is 0.410 e. The zero-order chi connectivity index (χ0) is 23.9. The first-order valence-electron chi connectivity index (χ1n) is 12.0. The molecule has 0 saturated carbocycles. The second-order valence-corrected chi connectivity index (χ2v) is 10.2. The number of carbonyl (C=O) groups excluding carboxylic acids is 1. The molecule has 1 fully saturated rings. The standard InChI is InChI=1S/C27H32N4O3/c1-27(2,3)34-26(32)31-13-9-18(10-14-31)8-12-30-15-11-20-21(30)17-29-25(28)24(20)23-16-19-6-4-5-7-22(19)33-23/h4-7,11,15-18H,8-10,12-14H2,1-3H3,(H2,28,29). The van der Waals surface area contributed by atoms with Gasteiger partial charge in [0.05, 0.1) is 17.3 Å². The Morgan fingerprint density at radius 2 is 1.97 bits per heavy atom. The minimum Gasteiger partial charge on any atom is -0.456 e. The Bertz CT molecular complexity index is 1290. The van der Waals surface area contributed by atoms with Crippen LogP contribution in [0.15, 0.2) is 53.2 Å². The van der Waals surface area contributed by atoms with Gasteiger partial charge in [0.2, 0.25) is 0 Å². The van der Waals surface area contributed by atoms with Gasteiger partial charge in [0.25, 0.3) is 0 Å². The molecule has 0 aliphatic carbocycles. The van der Waals surface area contributed by atoms with Crippen molar-refractivity contribution in [1.29, 1.82) is 0 Å². The lowest BCUT2D eigenvalue weighted by molar-refractivity contribution is 0.0180. The van der Waals surface area contributed by atoms with E-state index in [-0.39, 0.29) is 6.09 Å². The molecule has 1 aliphatic heterocycles. The average molecular weight is 461 g/mol. The van der Waals surface area contributed by atoms with E-state index in [0.717, 1.165) is 72.1 Å². The Morgan fingerprint density at radius 1 is 1.21 bits per heavy atom. The molecule has 4 heterocycles. The number of aryl methyl sites for hydroxylation is 1. The number of amides is 1. The van der Waals surface area contributed by atoms with E-state index in [1.165, 1.54) is 0 Å². The topological polar surface area (TPSA) is 86.5 Å². The fourth-order valence-corrected chi connectivity index (χ4v) is 4.78. The van der Waals surface area contributed by atoms with Crippen LogP contribution in [0.1, 0.15) is 40.0 Å². The van der Waals surface area contributed by atoms with Crippen LogP contribution in [0, 0.1) is 5.92 Å². The van der Waals surface area contributed by atoms with Gasteiger partial charge in [0.15, 0.2) is 0 Å². The summed E-state index contributed by atoms with van der Waals surface area (Å²) in [5, 5.41) is 2.09. The number of ether oxygens (including phenoxy) is 1. The quantitative estimate of drug-likeness (QED) is 0.399. The number of furan rings is 1. The number of anilines is 1. The number of para-hydroxylation sites is 1. The SMILES string of the molecule is CC(C)(C)OC(=O)N1CCC(CCn2ccc3c(-c4cc5ccccc5o4)c(N)ncc32)CC1. The Hall–Kier alpha value is -3.48. The van der Waals surface area contributed by atoms with Crippen LogP contribution in [0.25, 0.3) is 33.2 Å². The molecule has 178 valence electrons. The van der Waals surface area contributed by atoms with E-state index in [9.17, 15) is 4.79 Å². The van der Waals surface area contributed by atoms with Gasteiger partial charge in [-0.25, -0.2) is 9.78 Å². The summed E-state index contributed by atoms with van der Waals surface area (Å²) in [5.41, 5.74) is 8.57. The lowest BCUT2D eigenvalue weighted by Gasteiger charge is -2.33. The van der Waals surface area contributed by atoms with Gasteiger partial charge in [-0.2, -0.15) is 0 Å². The number of fused-ring (bicyclic) bond motifs is 2. The summed E-state index contributed by atoms with van der Waals surface area (Å²) >= 11 is 0. The Kier molecular flexibility index (Phi) is 5.71. The number of benzene rings is 1. The van der Waals surface area contributed by atoms with Crippen molar-refractivity contribution >= 4 is 33.8 Å². The minimum atomic E-state index is -0.456. The first-order valence-corrected chi connectivity index (χ1v) is 12.0. The molecular formula is C27H32N4O3. The molecule has 1 amide bonds. The maximum atomic E-state index is 12.3. The largest absolute Gasteiger partial charge is 0.456 e. The molecule has 3 aromatic heterocycles. The average Bonchev–Trinajstić information content (AvgIpc) is 3.40. The molecule has 0 atom stereocenters. The fourth-order valence-electron chi connectivity index (χ4n) is 4.78. The molecule has 1 saturated heterocycles. The van der Waals surface area contributed by atoms with Crippen molar-refractivity contribution in [3.8, 4) is 11.3 Å². The molecular weight excluding hydrogens is 428 g/mol. The van der Waals surface area contributed by atoms with Crippen LogP contribution in [-0.4, -0.2) is 39.2 Å². The van der Waals surface area contributed by atoms with Crippen molar-refractivity contribution in [3.63, 3.8) is 0 Å². The van der Waals surface area contributed by atoms with Gasteiger partial charge in [0.1, 0.15) is 22.8 Å². The highest BCUT2D eigenvalue weighted by Gasteiger charge is 2.27. The molecule has 1 aliphatic rings. The molecule has 0 spiro atoms. The maximum absolute atomic E-state index is 12.3. The third-order valence-corrected chi connectivity index (χ3v) is 6.57. The number of piperidine rings is 1. The van der Waals surface area contributed by atoms with Crippen LogP contribution in [0.2, 0.25) is 0 Å². The van der Waals surface area contributed by atoms with Gasteiger partial charge in [-0.15, -0.1) is 0 Å². The van der Waals surface area contributed by atoms with Gasteiger partial charge in [-0.05, 0) is 64.2 Å². The van der Waals surface area contributed by atoms with Crippen LogP contribution >= 0.6 is 0 Å². The van der Waals surface area contributed by atoms with Crippen LogP contribution in [-0.2, 0) is 11.3 Å². The van der Waals surface area contributed by atoms with Crippen molar-refractivity contribution in [2.75, 3.05) is 18.8 Å². The molecule has 4 aromatic rings. The summed E-state index contributed by atoms with van der Waals surface area (Å²) < 4.78 is 13.9. The van der Waals surface area contributed by atoms with Crippen LogP contribution < -0.4 is 5.73 Å². The molecule has 7 nitrogen and oxygen atoms in total. The number of likely N-dealkylation sites (tertiary alicyclic amines) is 1. The van der Waals surface area contributed by atoms with Crippen LogP contribution in [0.3, 0.4) is 0 Å². The molecule has 5 rings (SSSR count). The summed E-state index contributed by atoms with van der Waals surface area (Å²) in [6, 6.07) is 12.1. The van der Waals surface area contributed by atoms with E-state index in [4.69, 9.17) is 14.9 Å². The molecule has 1 aromatic carbocycles. The Labute approximate surface area is 199 Å². The zero-order valence-electron chi connectivity index (χ0n) is 20.1. The highest BCUT2D eigenvalue weighted by molar-refractivity contribution is 6.00. The Morgan fingerprint density at radius 3 is 2.71 bits per heavy atom. The molecule has 0 radical (unpaired) electrons. The summed E-state index contributed by atoms with van der Waals surface area (Å²) in [7, 11) is 0. The number of nitrogen functional groups attached to an aromatic ring is 1. The highest BCUT2D eigenvalue weighted by Crippen LogP contribution is 2.36. The van der Waals surface area contributed by atoms with E-state index in [2.05, 4.69) is 21.8 Å². The van der Waals surface area contributed by atoms with Gasteiger partial charge >= 0.3 is 6.09 Å². The van der Waals surface area contributed by atoms with Crippen molar-refractivity contribution in [2.24, 2.45) is 5.92 Å². The summed E-state index contributed by atoms with van der Waals surface area (Å²) in [6.45, 7) is 8.11. The van der Waals surface area contributed by atoms with Crippen LogP contribution in [0.4, 0.5) is 10.6 Å². The summed E-state index contributed by atoms with van der Waals surface area (Å²) in [4.78, 5) is 18.6. The van der Waals surface area contributed by atoms with Gasteiger partial charge < -0.3 is 24.4 Å². The molecule has 0 bridgehead atoms. The molecule has 7 heteroatoms. The predicted molar refractivity (Wildman–Crippen MR) is 135 cm³/mol. The second kappa shape index (κ2) is 8.70. The number of rotatable bonds is 4. The third-order valence-electron chi connectivity index (χ3n) is 6.57. The normalized spacial score (nSPS) is 15.3. The third kappa shape index (κ3) is 4.47. The predicted octanol–water partition coefficient (Wildman–Crippen LogP) is 6.07. The highest BCUT2D eigenvalue weighted by atomic mass is 16.6. The number of nitrogens with two attached hydrogens (primary N) is 1. The van der Waals surface area contributed by atoms with Gasteiger partial charge in [-0.1, -0.05) is 18.2 Å². The van der Waals surface area contributed by atoms with E-state index < -0.39 is 5.60 Å². The van der Waals surface area contributed by atoms with Crippen molar-refractivity contribution < 1.29 is 13.9 Å². The van der Waals surface area contributed by atoms with E-state index in [1.54, 1.807) is 0 Å². The van der Waals surface area contributed by atoms with Crippen molar-refractivity contribution in [3.05, 3.63) is 48.8 Å². The number of hydrogen-bond donors (Lipinski definition) is 1. The zero-order valence-corrected chi connectivity index (χ0v) is 20.1. The Balaban J connectivity index is 1.28. The van der Waals surface area contributed by atoms with Crippen molar-refractivity contribution in [2.45, 2.75) is 52.2 Å². The molecule has 0 unspecified atom stereocenters. The van der Waals surface area contributed by atoms with Crippen LogP contribution in [0.5, 0.6) is 0 Å². The van der Waals surface area contributed by atoms with E-state index in [0.29, 0.717) is 11.7 Å². The number of aromatic nitrogens is 2. The fraction of sp³-hybridized carbons (Fsp3) is 0.407.